The summed E-state index contributed by atoms with van der Waals surface area (Å²) in [6.45, 7) is 3.66. The maximum Gasteiger partial charge on any atom is 0.490 e. The number of nitrogen functional groups attached to an aromatic ring is 1. The molecule has 4 N–H and O–H groups in total. The normalized spacial score (nSPS) is 14.9. The van der Waals surface area contributed by atoms with Crippen molar-refractivity contribution in [2.24, 2.45) is 0 Å². The number of carbonyl (C=O) groups is 1. The number of aliphatic carboxylic acids is 1. The molecule has 0 unspecified atom stereocenters. The molecule has 1 fully saturated rings. The van der Waals surface area contributed by atoms with Gasteiger partial charge in [0.1, 0.15) is 11.1 Å². The molecule has 3 aromatic rings. The minimum absolute atomic E-state index is 0.289. The second-order valence-corrected chi connectivity index (χ2v) is 5.72. The second kappa shape index (κ2) is 7.27. The predicted molar refractivity (Wildman–Crippen MR) is 92.5 cm³/mol. The summed E-state index contributed by atoms with van der Waals surface area (Å²) < 4.78 is 37.7. The van der Waals surface area contributed by atoms with E-state index in [4.69, 9.17) is 20.1 Å². The number of alkyl halides is 3. The van der Waals surface area contributed by atoms with Crippen molar-refractivity contribution in [2.45, 2.75) is 6.18 Å². The van der Waals surface area contributed by atoms with Gasteiger partial charge in [-0.1, -0.05) is 12.1 Å². The lowest BCUT2D eigenvalue weighted by molar-refractivity contribution is -0.192. The molecule has 1 saturated heterocycles. The van der Waals surface area contributed by atoms with Crippen molar-refractivity contribution in [2.75, 3.05) is 36.8 Å². The molecular formula is C16H16F3N5O3. The van der Waals surface area contributed by atoms with Crippen molar-refractivity contribution in [3.63, 3.8) is 0 Å². The van der Waals surface area contributed by atoms with Crippen molar-refractivity contribution in [1.82, 2.24) is 15.3 Å². The average Bonchev–Trinajstić information content (AvgIpc) is 3.00. The zero-order valence-corrected chi connectivity index (χ0v) is 14.0. The van der Waals surface area contributed by atoms with Crippen LogP contribution in [-0.4, -0.2) is 53.4 Å². The molecule has 1 aromatic carbocycles. The molecule has 144 valence electrons. The first kappa shape index (κ1) is 18.7. The Labute approximate surface area is 150 Å². The number of halogens is 3. The number of anilines is 2. The fraction of sp³-hybridized carbons (Fsp3) is 0.312. The molecule has 11 heteroatoms. The van der Waals surface area contributed by atoms with Crippen LogP contribution in [0.2, 0.25) is 0 Å². The Morgan fingerprint density at radius 3 is 2.48 bits per heavy atom. The Hall–Kier alpha value is -3.08. The van der Waals surface area contributed by atoms with Crippen LogP contribution in [0.3, 0.4) is 0 Å². The van der Waals surface area contributed by atoms with Gasteiger partial charge in [0.25, 0.3) is 0 Å². The van der Waals surface area contributed by atoms with Gasteiger partial charge >= 0.3 is 12.1 Å². The van der Waals surface area contributed by atoms with Crippen LogP contribution in [-0.2, 0) is 4.79 Å². The Kier molecular flexibility index (Phi) is 5.04. The van der Waals surface area contributed by atoms with Gasteiger partial charge in [-0.15, -0.1) is 0 Å². The number of aromatic nitrogens is 2. The van der Waals surface area contributed by atoms with Gasteiger partial charge in [-0.05, 0) is 12.1 Å². The zero-order valence-electron chi connectivity index (χ0n) is 14.0. The van der Waals surface area contributed by atoms with Crippen molar-refractivity contribution in [1.29, 1.82) is 0 Å². The molecule has 2 aromatic heterocycles. The number of para-hydroxylation sites is 1. The summed E-state index contributed by atoms with van der Waals surface area (Å²) in [5.41, 5.74) is 8.21. The van der Waals surface area contributed by atoms with Gasteiger partial charge < -0.3 is 25.5 Å². The molecule has 0 radical (unpaired) electrons. The van der Waals surface area contributed by atoms with E-state index in [1.165, 1.54) is 0 Å². The highest BCUT2D eigenvalue weighted by Gasteiger charge is 2.38. The molecule has 0 aliphatic carbocycles. The van der Waals surface area contributed by atoms with Crippen LogP contribution in [0.1, 0.15) is 0 Å². The van der Waals surface area contributed by atoms with Crippen molar-refractivity contribution in [3.05, 3.63) is 24.3 Å². The van der Waals surface area contributed by atoms with Gasteiger partial charge in [-0.3, -0.25) is 0 Å². The van der Waals surface area contributed by atoms with E-state index < -0.39 is 12.1 Å². The molecule has 0 atom stereocenters. The minimum atomic E-state index is -5.08. The van der Waals surface area contributed by atoms with Crippen LogP contribution in [0.4, 0.5) is 24.9 Å². The van der Waals surface area contributed by atoms with E-state index in [-0.39, 0.29) is 5.95 Å². The number of benzene rings is 1. The van der Waals surface area contributed by atoms with Gasteiger partial charge in [-0.25, -0.2) is 9.78 Å². The zero-order chi connectivity index (χ0) is 19.6. The summed E-state index contributed by atoms with van der Waals surface area (Å²) >= 11 is 0. The lowest BCUT2D eigenvalue weighted by Gasteiger charge is -2.28. The van der Waals surface area contributed by atoms with Gasteiger partial charge in [0.15, 0.2) is 11.4 Å². The van der Waals surface area contributed by atoms with Crippen LogP contribution < -0.4 is 16.0 Å². The van der Waals surface area contributed by atoms with Crippen LogP contribution in [0.5, 0.6) is 0 Å². The molecule has 0 spiro atoms. The largest absolute Gasteiger partial charge is 0.490 e. The molecule has 0 saturated carbocycles. The Morgan fingerprint density at radius 2 is 1.85 bits per heavy atom. The molecule has 1 aliphatic heterocycles. The first-order valence-electron chi connectivity index (χ1n) is 7.98. The number of fused-ring (bicyclic) bond motifs is 3. The number of furan rings is 1. The number of nitrogens with one attached hydrogen (secondary N) is 1. The van der Waals surface area contributed by atoms with Crippen LogP contribution in [0.25, 0.3) is 22.1 Å². The predicted octanol–water partition coefficient (Wildman–Crippen LogP) is 2.00. The van der Waals surface area contributed by atoms with Gasteiger partial charge in [-0.2, -0.15) is 18.2 Å². The molecule has 3 heterocycles. The van der Waals surface area contributed by atoms with Gasteiger partial charge in [0, 0.05) is 31.6 Å². The number of rotatable bonds is 1. The first-order chi connectivity index (χ1) is 12.8. The quantitative estimate of drug-likeness (QED) is 0.584. The summed E-state index contributed by atoms with van der Waals surface area (Å²) in [6, 6.07) is 7.86. The maximum atomic E-state index is 10.6. The molecule has 1 aliphatic rings. The Morgan fingerprint density at radius 1 is 1.22 bits per heavy atom. The number of carboxylic acids is 1. The number of piperazine rings is 1. The summed E-state index contributed by atoms with van der Waals surface area (Å²) in [5.74, 6) is -1.67. The summed E-state index contributed by atoms with van der Waals surface area (Å²) in [5, 5.41) is 11.4. The topological polar surface area (TPSA) is 118 Å². The third-order valence-electron chi connectivity index (χ3n) is 3.88. The molecule has 4 rings (SSSR count). The standard InChI is InChI=1S/C14H15N5O.C2HF3O2/c15-14-17-11-9-3-1-2-4-10(9)20-12(11)13(18-14)19-7-5-16-6-8-19;3-2(4,5)1(6)7/h1-4,16H,5-8H2,(H2,15,17,18);(H,6,7). The van der Waals surface area contributed by atoms with Gasteiger partial charge in [0.2, 0.25) is 5.95 Å². The van der Waals surface area contributed by atoms with E-state index in [1.807, 2.05) is 24.3 Å². The Bertz CT molecular complexity index is 967. The van der Waals surface area contributed by atoms with E-state index in [0.29, 0.717) is 0 Å². The monoisotopic (exact) mass is 383 g/mol. The van der Waals surface area contributed by atoms with Crippen molar-refractivity contribution >= 4 is 39.8 Å². The van der Waals surface area contributed by atoms with Crippen LogP contribution >= 0.6 is 0 Å². The number of hydrogen-bond donors (Lipinski definition) is 3. The smallest absolute Gasteiger partial charge is 0.475 e. The SMILES string of the molecule is Nc1nc(N2CCNCC2)c2oc3ccccc3c2n1.O=C(O)C(F)(F)F. The lowest BCUT2D eigenvalue weighted by Crippen LogP contribution is -2.44. The highest BCUT2D eigenvalue weighted by molar-refractivity contribution is 6.06. The average molecular weight is 383 g/mol. The maximum absolute atomic E-state index is 10.6. The van der Waals surface area contributed by atoms with E-state index in [9.17, 15) is 13.2 Å². The third-order valence-corrected chi connectivity index (χ3v) is 3.88. The molecule has 0 bridgehead atoms. The molecule has 27 heavy (non-hydrogen) atoms. The van der Waals surface area contributed by atoms with E-state index in [1.54, 1.807) is 0 Å². The highest BCUT2D eigenvalue weighted by Crippen LogP contribution is 2.33. The second-order valence-electron chi connectivity index (χ2n) is 5.72. The molecule has 8 nitrogen and oxygen atoms in total. The van der Waals surface area contributed by atoms with Crippen molar-refractivity contribution < 1.29 is 27.5 Å². The molecule has 0 amide bonds. The third kappa shape index (κ3) is 4.03. The van der Waals surface area contributed by atoms with Crippen LogP contribution in [0, 0.1) is 0 Å². The summed E-state index contributed by atoms with van der Waals surface area (Å²) in [4.78, 5) is 19.8. The molecular weight excluding hydrogens is 367 g/mol. The number of carboxylic acid groups (broad SMARTS) is 1. The summed E-state index contributed by atoms with van der Waals surface area (Å²) in [7, 11) is 0. The number of nitrogens with zero attached hydrogens (tertiary/aromatic N) is 3. The number of hydrogen-bond acceptors (Lipinski definition) is 7. The highest BCUT2D eigenvalue weighted by atomic mass is 19.4. The van der Waals surface area contributed by atoms with E-state index >= 15 is 0 Å². The van der Waals surface area contributed by atoms with Crippen molar-refractivity contribution in [3.8, 4) is 0 Å². The summed E-state index contributed by atoms with van der Waals surface area (Å²) in [6.07, 6.45) is -5.08. The fourth-order valence-corrected chi connectivity index (χ4v) is 2.68. The van der Waals surface area contributed by atoms with E-state index in [2.05, 4.69) is 20.2 Å². The van der Waals surface area contributed by atoms with E-state index in [0.717, 1.165) is 54.1 Å². The minimum Gasteiger partial charge on any atom is -0.475 e. The van der Waals surface area contributed by atoms with Crippen LogP contribution in [0.15, 0.2) is 28.7 Å². The first-order valence-corrected chi connectivity index (χ1v) is 7.98. The number of nitrogens with two attached hydrogens (primary N) is 1. The fourth-order valence-electron chi connectivity index (χ4n) is 2.68. The van der Waals surface area contributed by atoms with Gasteiger partial charge in [0.05, 0.1) is 0 Å². The lowest BCUT2D eigenvalue weighted by atomic mass is 10.2. The Balaban J connectivity index is 0.000000260.